The second-order valence-corrected chi connectivity index (χ2v) is 5.99. The Kier molecular flexibility index (Phi) is 2.92. The van der Waals surface area contributed by atoms with Crippen LogP contribution in [0.1, 0.15) is 25.5 Å². The van der Waals surface area contributed by atoms with Crippen molar-refractivity contribution in [2.45, 2.75) is 32.2 Å². The second-order valence-electron chi connectivity index (χ2n) is 5.12. The summed E-state index contributed by atoms with van der Waals surface area (Å²) in [4.78, 5) is 5.77. The summed E-state index contributed by atoms with van der Waals surface area (Å²) >= 11 is 1.70. The van der Waals surface area contributed by atoms with E-state index in [9.17, 15) is 0 Å². The third-order valence-corrected chi connectivity index (χ3v) is 4.71. The van der Waals surface area contributed by atoms with Gasteiger partial charge in [-0.25, -0.2) is 4.98 Å². The highest BCUT2D eigenvalue weighted by molar-refractivity contribution is 7.15. The van der Waals surface area contributed by atoms with Crippen molar-refractivity contribution in [3.63, 3.8) is 0 Å². The lowest BCUT2D eigenvalue weighted by Crippen LogP contribution is -2.35. The van der Waals surface area contributed by atoms with Gasteiger partial charge in [-0.05, 0) is 31.7 Å². The molecule has 0 amide bonds. The number of aromatic nitrogens is 2. The van der Waals surface area contributed by atoms with Crippen molar-refractivity contribution in [1.82, 2.24) is 14.7 Å². The Morgan fingerprint density at radius 2 is 2.41 bits per heavy atom. The number of fused-ring (bicyclic) bond motifs is 1. The molecule has 2 atom stereocenters. The molecule has 2 unspecified atom stereocenters. The van der Waals surface area contributed by atoms with Crippen LogP contribution in [0, 0.1) is 11.8 Å². The van der Waals surface area contributed by atoms with Gasteiger partial charge in [0, 0.05) is 30.2 Å². The molecule has 2 heterocycles. The lowest BCUT2D eigenvalue weighted by atomic mass is 9.93. The van der Waals surface area contributed by atoms with Crippen molar-refractivity contribution in [2.24, 2.45) is 11.8 Å². The molecule has 0 aromatic carbocycles. The number of rotatable bonds is 5. The molecule has 0 saturated heterocycles. The van der Waals surface area contributed by atoms with E-state index < -0.39 is 0 Å². The van der Waals surface area contributed by atoms with Crippen LogP contribution < -0.4 is 5.32 Å². The summed E-state index contributed by atoms with van der Waals surface area (Å²) in [6.07, 6.45) is 8.11. The molecule has 0 bridgehead atoms. The van der Waals surface area contributed by atoms with Crippen molar-refractivity contribution in [3.05, 3.63) is 23.5 Å². The van der Waals surface area contributed by atoms with Crippen LogP contribution in [0.5, 0.6) is 0 Å². The maximum Gasteiger partial charge on any atom is 0.193 e. The molecule has 1 saturated carbocycles. The first-order chi connectivity index (χ1) is 8.28. The number of hydrogen-bond acceptors (Lipinski definition) is 3. The Balaban J connectivity index is 1.73. The molecule has 17 heavy (non-hydrogen) atoms. The first-order valence-electron chi connectivity index (χ1n) is 6.36. The third-order valence-electron chi connectivity index (χ3n) is 3.94. The minimum atomic E-state index is 0.562. The fourth-order valence-corrected chi connectivity index (χ4v) is 3.32. The zero-order chi connectivity index (χ0) is 11.8. The molecule has 0 aliphatic heterocycles. The average Bonchev–Trinajstić information content (AvgIpc) is 2.96. The minimum Gasteiger partial charge on any atom is -0.316 e. The van der Waals surface area contributed by atoms with E-state index in [4.69, 9.17) is 0 Å². The number of hydrogen-bond donors (Lipinski definition) is 1. The van der Waals surface area contributed by atoms with Gasteiger partial charge in [0.25, 0.3) is 0 Å². The number of nitrogens with one attached hydrogen (secondary N) is 1. The Bertz CT molecular complexity index is 469. The highest BCUT2D eigenvalue weighted by Crippen LogP contribution is 2.38. The van der Waals surface area contributed by atoms with Gasteiger partial charge in [-0.15, -0.1) is 11.3 Å². The van der Waals surface area contributed by atoms with E-state index in [0.29, 0.717) is 6.04 Å². The van der Waals surface area contributed by atoms with Crippen LogP contribution >= 0.6 is 11.3 Å². The summed E-state index contributed by atoms with van der Waals surface area (Å²) < 4.78 is 2.12. The van der Waals surface area contributed by atoms with Gasteiger partial charge in [0.05, 0.1) is 5.69 Å². The van der Waals surface area contributed by atoms with Gasteiger partial charge in [0.2, 0.25) is 0 Å². The zero-order valence-corrected chi connectivity index (χ0v) is 11.2. The number of nitrogens with zero attached hydrogens (tertiary/aromatic N) is 2. The first-order valence-corrected chi connectivity index (χ1v) is 7.24. The number of imidazole rings is 1. The Morgan fingerprint density at radius 1 is 1.59 bits per heavy atom. The summed E-state index contributed by atoms with van der Waals surface area (Å²) in [5.74, 6) is 1.70. The number of likely N-dealkylation sites (N-methyl/N-ethyl adjacent to an activating group) is 1. The predicted molar refractivity (Wildman–Crippen MR) is 71.5 cm³/mol. The summed E-state index contributed by atoms with van der Waals surface area (Å²) in [6, 6.07) is 0.562. The molecule has 0 spiro atoms. The Hall–Kier alpha value is -0.870. The smallest absolute Gasteiger partial charge is 0.193 e. The van der Waals surface area contributed by atoms with Crippen LogP contribution in [0.3, 0.4) is 0 Å². The van der Waals surface area contributed by atoms with Crippen molar-refractivity contribution in [2.75, 3.05) is 7.05 Å². The standard InChI is InChI=1S/C13H19N3S/c1-9(10-3-4-10)12(14-2)7-11-8-16-5-6-17-13(16)15-11/h5-6,8-10,12,14H,3-4,7H2,1-2H3. The van der Waals surface area contributed by atoms with Gasteiger partial charge < -0.3 is 5.32 Å². The third kappa shape index (κ3) is 2.24. The maximum atomic E-state index is 4.66. The molecule has 4 heteroatoms. The summed E-state index contributed by atoms with van der Waals surface area (Å²) in [5, 5.41) is 5.54. The van der Waals surface area contributed by atoms with Crippen molar-refractivity contribution < 1.29 is 0 Å². The quantitative estimate of drug-likeness (QED) is 0.882. The molecule has 2 aromatic rings. The average molecular weight is 249 g/mol. The minimum absolute atomic E-state index is 0.562. The van der Waals surface area contributed by atoms with Crippen molar-refractivity contribution in [1.29, 1.82) is 0 Å². The summed E-state index contributed by atoms with van der Waals surface area (Å²) in [5.41, 5.74) is 1.21. The number of thiazole rings is 1. The molecule has 1 aliphatic carbocycles. The van der Waals surface area contributed by atoms with Crippen LogP contribution in [0.15, 0.2) is 17.8 Å². The largest absolute Gasteiger partial charge is 0.316 e. The van der Waals surface area contributed by atoms with Crippen LogP contribution in [0.25, 0.3) is 4.96 Å². The monoisotopic (exact) mass is 249 g/mol. The Labute approximate surface area is 106 Å². The van der Waals surface area contributed by atoms with Crippen LogP contribution in [-0.4, -0.2) is 22.5 Å². The van der Waals surface area contributed by atoms with Crippen LogP contribution in [0.2, 0.25) is 0 Å². The lowest BCUT2D eigenvalue weighted by Gasteiger charge is -2.22. The molecule has 1 aliphatic rings. The molecule has 1 fully saturated rings. The Morgan fingerprint density at radius 3 is 3.06 bits per heavy atom. The topological polar surface area (TPSA) is 29.3 Å². The van der Waals surface area contributed by atoms with Gasteiger partial charge in [0.15, 0.2) is 4.96 Å². The van der Waals surface area contributed by atoms with E-state index in [1.807, 2.05) is 0 Å². The fourth-order valence-electron chi connectivity index (χ4n) is 2.60. The summed E-state index contributed by atoms with van der Waals surface area (Å²) in [7, 11) is 2.07. The SMILES string of the molecule is CNC(Cc1cn2ccsc2n1)C(C)C1CC1. The van der Waals surface area contributed by atoms with E-state index in [1.54, 1.807) is 11.3 Å². The van der Waals surface area contributed by atoms with E-state index in [-0.39, 0.29) is 0 Å². The predicted octanol–water partition coefficient (Wildman–Crippen LogP) is 2.57. The van der Waals surface area contributed by atoms with Gasteiger partial charge in [-0.2, -0.15) is 0 Å². The molecule has 3 nitrogen and oxygen atoms in total. The molecule has 92 valence electrons. The molecular formula is C13H19N3S. The van der Waals surface area contributed by atoms with E-state index in [2.05, 4.69) is 46.4 Å². The van der Waals surface area contributed by atoms with Crippen LogP contribution in [0.4, 0.5) is 0 Å². The molecule has 0 radical (unpaired) electrons. The highest BCUT2D eigenvalue weighted by atomic mass is 32.1. The van der Waals surface area contributed by atoms with Gasteiger partial charge in [0.1, 0.15) is 0 Å². The van der Waals surface area contributed by atoms with E-state index in [1.165, 1.54) is 18.5 Å². The second kappa shape index (κ2) is 4.42. The fraction of sp³-hybridized carbons (Fsp3) is 0.615. The lowest BCUT2D eigenvalue weighted by molar-refractivity contribution is 0.356. The highest BCUT2D eigenvalue weighted by Gasteiger charge is 2.32. The van der Waals surface area contributed by atoms with Crippen molar-refractivity contribution >= 4 is 16.3 Å². The molecule has 1 N–H and O–H groups in total. The van der Waals surface area contributed by atoms with Crippen LogP contribution in [-0.2, 0) is 6.42 Å². The van der Waals surface area contributed by atoms with E-state index in [0.717, 1.165) is 23.2 Å². The summed E-state index contributed by atoms with van der Waals surface area (Å²) in [6.45, 7) is 2.37. The molecule has 2 aromatic heterocycles. The molecular weight excluding hydrogens is 230 g/mol. The molecule has 3 rings (SSSR count). The van der Waals surface area contributed by atoms with Gasteiger partial charge in [-0.3, -0.25) is 4.40 Å². The normalized spacial score (nSPS) is 19.6. The van der Waals surface area contributed by atoms with E-state index >= 15 is 0 Å². The maximum absolute atomic E-state index is 4.66. The van der Waals surface area contributed by atoms with Gasteiger partial charge in [-0.1, -0.05) is 6.92 Å². The first kappa shape index (κ1) is 11.2. The van der Waals surface area contributed by atoms with Crippen molar-refractivity contribution in [3.8, 4) is 0 Å². The zero-order valence-electron chi connectivity index (χ0n) is 10.4. The van der Waals surface area contributed by atoms with Gasteiger partial charge >= 0.3 is 0 Å².